The molecule has 0 aliphatic carbocycles. The van der Waals surface area contributed by atoms with Crippen molar-refractivity contribution in [3.63, 3.8) is 0 Å². The third kappa shape index (κ3) is 4.24. The van der Waals surface area contributed by atoms with Crippen LogP contribution in [0, 0.1) is 0 Å². The van der Waals surface area contributed by atoms with Crippen LogP contribution in [0.15, 0.2) is 51.6 Å². The molecule has 2 aromatic heterocycles. The first kappa shape index (κ1) is 23.4. The maximum Gasteiger partial charge on any atom is 0.332 e. The standard InChI is InChI=1S/C24H28N6O4/c1-14(2)9-10-29-19-21(27-20(29)16-11-17(25)22(32)26-12-16)28(3)24(34)30(23(19)33)13-18(31)15-7-5-4-6-8-15/h4-9,16-17H,10-13,25H2,1-3H3,(H,26,32). The third-order valence-corrected chi connectivity index (χ3v) is 6.10. The van der Waals surface area contributed by atoms with E-state index in [0.717, 1.165) is 10.1 Å². The van der Waals surface area contributed by atoms with Gasteiger partial charge in [0.25, 0.3) is 5.56 Å². The number of aromatic nitrogens is 4. The number of hydrogen-bond donors (Lipinski definition) is 2. The van der Waals surface area contributed by atoms with E-state index < -0.39 is 17.3 Å². The van der Waals surface area contributed by atoms with Gasteiger partial charge in [-0.05, 0) is 20.3 Å². The molecule has 0 saturated carbocycles. The number of fused-ring (bicyclic) bond motifs is 1. The fourth-order valence-corrected chi connectivity index (χ4v) is 4.21. The van der Waals surface area contributed by atoms with Crippen LogP contribution < -0.4 is 22.3 Å². The molecule has 1 aromatic carbocycles. The summed E-state index contributed by atoms with van der Waals surface area (Å²) in [6.45, 7) is 4.20. The zero-order chi connectivity index (χ0) is 24.6. The van der Waals surface area contributed by atoms with E-state index in [0.29, 0.717) is 30.9 Å². The molecule has 1 fully saturated rings. The lowest BCUT2D eigenvalue weighted by Crippen LogP contribution is -2.48. The molecular formula is C24H28N6O4. The Morgan fingerprint density at radius 2 is 1.88 bits per heavy atom. The minimum Gasteiger partial charge on any atom is -0.354 e. The smallest absolute Gasteiger partial charge is 0.332 e. The fraction of sp³-hybridized carbons (Fsp3) is 0.375. The van der Waals surface area contributed by atoms with Crippen molar-refractivity contribution in [3.8, 4) is 0 Å². The summed E-state index contributed by atoms with van der Waals surface area (Å²) in [6.07, 6.45) is 2.33. The first-order chi connectivity index (χ1) is 16.2. The van der Waals surface area contributed by atoms with Crippen LogP contribution in [-0.4, -0.2) is 43.0 Å². The third-order valence-electron chi connectivity index (χ3n) is 6.10. The van der Waals surface area contributed by atoms with Crippen LogP contribution in [0.25, 0.3) is 11.2 Å². The van der Waals surface area contributed by atoms with Crippen molar-refractivity contribution in [1.82, 2.24) is 24.0 Å². The zero-order valence-corrected chi connectivity index (χ0v) is 19.4. The van der Waals surface area contributed by atoms with Gasteiger partial charge in [-0.25, -0.2) is 9.78 Å². The monoisotopic (exact) mass is 464 g/mol. The Morgan fingerprint density at radius 1 is 1.18 bits per heavy atom. The summed E-state index contributed by atoms with van der Waals surface area (Å²) in [4.78, 5) is 55.9. The summed E-state index contributed by atoms with van der Waals surface area (Å²) in [6, 6.07) is 7.86. The second-order valence-corrected chi connectivity index (χ2v) is 8.84. The van der Waals surface area contributed by atoms with Crippen molar-refractivity contribution < 1.29 is 9.59 Å². The number of ketones is 1. The highest BCUT2D eigenvalue weighted by Gasteiger charge is 2.31. The van der Waals surface area contributed by atoms with Gasteiger partial charge in [-0.2, -0.15) is 0 Å². The molecule has 1 aliphatic rings. The SMILES string of the molecule is CC(C)=CCn1c(C2CNC(=O)C(N)C2)nc2c1c(=O)n(CC(=O)c1ccccc1)c(=O)n2C. The number of amides is 1. The number of rotatable bonds is 6. The number of nitrogens with two attached hydrogens (primary N) is 1. The molecule has 3 heterocycles. The van der Waals surface area contributed by atoms with Gasteiger partial charge in [0.05, 0.1) is 12.6 Å². The Kier molecular flexibility index (Phi) is 6.34. The number of nitrogens with one attached hydrogen (secondary N) is 1. The number of imidazole rings is 1. The Labute approximate surface area is 195 Å². The molecule has 1 amide bonds. The molecule has 4 rings (SSSR count). The first-order valence-corrected chi connectivity index (χ1v) is 11.1. The lowest BCUT2D eigenvalue weighted by atomic mass is 9.95. The molecule has 2 atom stereocenters. The number of allylic oxidation sites excluding steroid dienone is 2. The van der Waals surface area contributed by atoms with Gasteiger partial charge in [0.1, 0.15) is 5.82 Å². The Morgan fingerprint density at radius 3 is 2.53 bits per heavy atom. The average Bonchev–Trinajstić information content (AvgIpc) is 3.21. The van der Waals surface area contributed by atoms with Crippen molar-refractivity contribution in [2.45, 2.75) is 45.3 Å². The van der Waals surface area contributed by atoms with Gasteiger partial charge in [-0.15, -0.1) is 0 Å². The van der Waals surface area contributed by atoms with Crippen molar-refractivity contribution >= 4 is 22.9 Å². The molecule has 0 radical (unpaired) electrons. The van der Waals surface area contributed by atoms with Gasteiger partial charge < -0.3 is 15.6 Å². The summed E-state index contributed by atoms with van der Waals surface area (Å²) >= 11 is 0. The Balaban J connectivity index is 1.89. The second kappa shape index (κ2) is 9.22. The van der Waals surface area contributed by atoms with Gasteiger partial charge in [-0.3, -0.25) is 23.5 Å². The number of carbonyl (C=O) groups excluding carboxylic acids is 2. The number of aryl methyl sites for hydroxylation is 1. The van der Waals surface area contributed by atoms with Gasteiger partial charge in [0.2, 0.25) is 5.91 Å². The number of Topliss-reactive ketones (excluding diaryl/α,β-unsaturated/α-hetero) is 1. The minimum absolute atomic E-state index is 0.223. The highest BCUT2D eigenvalue weighted by molar-refractivity contribution is 5.95. The Bertz CT molecular complexity index is 1410. The van der Waals surface area contributed by atoms with Crippen LogP contribution >= 0.6 is 0 Å². The molecule has 10 heteroatoms. The molecule has 0 spiro atoms. The quantitative estimate of drug-likeness (QED) is 0.407. The minimum atomic E-state index is -0.681. The zero-order valence-electron chi connectivity index (χ0n) is 19.4. The number of carbonyl (C=O) groups is 2. The topological polar surface area (TPSA) is 134 Å². The van der Waals surface area contributed by atoms with E-state index >= 15 is 0 Å². The molecule has 0 bridgehead atoms. The van der Waals surface area contributed by atoms with Gasteiger partial charge in [0, 0.05) is 31.6 Å². The maximum atomic E-state index is 13.6. The summed E-state index contributed by atoms with van der Waals surface area (Å²) in [5.41, 5.74) is 6.72. The molecule has 34 heavy (non-hydrogen) atoms. The van der Waals surface area contributed by atoms with Crippen molar-refractivity contribution in [1.29, 1.82) is 0 Å². The van der Waals surface area contributed by atoms with Crippen molar-refractivity contribution in [2.24, 2.45) is 12.8 Å². The van der Waals surface area contributed by atoms with E-state index in [1.165, 1.54) is 11.6 Å². The highest BCUT2D eigenvalue weighted by Crippen LogP contribution is 2.25. The van der Waals surface area contributed by atoms with E-state index in [9.17, 15) is 19.2 Å². The van der Waals surface area contributed by atoms with E-state index in [-0.39, 0.29) is 35.3 Å². The predicted octanol–water partition coefficient (Wildman–Crippen LogP) is 0.677. The summed E-state index contributed by atoms with van der Waals surface area (Å²) in [5.74, 6) is -0.213. The van der Waals surface area contributed by atoms with E-state index in [1.54, 1.807) is 34.9 Å². The highest BCUT2D eigenvalue weighted by atomic mass is 16.2. The van der Waals surface area contributed by atoms with Crippen LogP contribution in [0.3, 0.4) is 0 Å². The molecule has 1 aliphatic heterocycles. The number of hydrogen-bond acceptors (Lipinski definition) is 6. The lowest BCUT2D eigenvalue weighted by molar-refractivity contribution is -0.123. The fourth-order valence-electron chi connectivity index (χ4n) is 4.21. The van der Waals surface area contributed by atoms with Crippen LogP contribution in [-0.2, 0) is 24.9 Å². The van der Waals surface area contributed by atoms with Crippen LogP contribution in [0.5, 0.6) is 0 Å². The summed E-state index contributed by atoms with van der Waals surface area (Å²) < 4.78 is 4.01. The average molecular weight is 465 g/mol. The molecular weight excluding hydrogens is 436 g/mol. The van der Waals surface area contributed by atoms with Gasteiger partial charge in [0.15, 0.2) is 16.9 Å². The maximum absolute atomic E-state index is 13.6. The van der Waals surface area contributed by atoms with Crippen LogP contribution in [0.1, 0.15) is 42.4 Å². The van der Waals surface area contributed by atoms with Crippen molar-refractivity contribution in [3.05, 3.63) is 74.2 Å². The molecule has 3 aromatic rings. The van der Waals surface area contributed by atoms with E-state index in [1.807, 2.05) is 19.9 Å². The van der Waals surface area contributed by atoms with E-state index in [2.05, 4.69) is 10.3 Å². The molecule has 178 valence electrons. The second-order valence-electron chi connectivity index (χ2n) is 8.84. The van der Waals surface area contributed by atoms with Gasteiger partial charge in [-0.1, -0.05) is 42.0 Å². The molecule has 2 unspecified atom stereocenters. The van der Waals surface area contributed by atoms with Crippen LogP contribution in [0.4, 0.5) is 0 Å². The summed E-state index contributed by atoms with van der Waals surface area (Å²) in [5, 5.41) is 2.78. The molecule has 1 saturated heterocycles. The predicted molar refractivity (Wildman–Crippen MR) is 128 cm³/mol. The van der Waals surface area contributed by atoms with Crippen molar-refractivity contribution in [2.75, 3.05) is 6.54 Å². The summed E-state index contributed by atoms with van der Waals surface area (Å²) in [7, 11) is 1.53. The number of piperidine rings is 1. The first-order valence-electron chi connectivity index (χ1n) is 11.1. The normalized spacial score (nSPS) is 18.1. The Hall–Kier alpha value is -3.79. The largest absolute Gasteiger partial charge is 0.354 e. The molecule has 3 N–H and O–H groups in total. The van der Waals surface area contributed by atoms with E-state index in [4.69, 9.17) is 5.73 Å². The lowest BCUT2D eigenvalue weighted by Gasteiger charge is -2.26. The molecule has 10 nitrogen and oxygen atoms in total. The van der Waals surface area contributed by atoms with Gasteiger partial charge >= 0.3 is 5.69 Å². The number of nitrogens with zero attached hydrogens (tertiary/aromatic N) is 4. The van der Waals surface area contributed by atoms with Crippen LogP contribution in [0.2, 0.25) is 0 Å². The number of benzene rings is 1.